The molecule has 174 valence electrons. The Morgan fingerprint density at radius 2 is 1.31 bits per heavy atom. The molecule has 4 aromatic carbocycles. The number of nitrogens with zero attached hydrogens (tertiary/aromatic N) is 1. The summed E-state index contributed by atoms with van der Waals surface area (Å²) in [5.41, 5.74) is 1.08. The van der Waals surface area contributed by atoms with E-state index in [9.17, 15) is 19.7 Å². The van der Waals surface area contributed by atoms with Gasteiger partial charge in [0.1, 0.15) is 11.5 Å². The molecule has 0 aromatic heterocycles. The SMILES string of the molecule is O=C(O[C@H](C(=O)c1ccccc1)c1ccc(Cl)cc1)c1ccc(Oc2ccc([N+](=O)[O-])cc2)cc1. The Labute approximate surface area is 205 Å². The summed E-state index contributed by atoms with van der Waals surface area (Å²) < 4.78 is 11.3. The first-order valence-electron chi connectivity index (χ1n) is 10.5. The van der Waals surface area contributed by atoms with Crippen molar-refractivity contribution in [3.63, 3.8) is 0 Å². The van der Waals surface area contributed by atoms with Crippen LogP contribution in [-0.2, 0) is 4.74 Å². The minimum absolute atomic E-state index is 0.0456. The number of hydrogen-bond acceptors (Lipinski definition) is 6. The second kappa shape index (κ2) is 10.6. The molecule has 35 heavy (non-hydrogen) atoms. The number of carbonyl (C=O) groups excluding carboxylic acids is 2. The number of hydrogen-bond donors (Lipinski definition) is 0. The van der Waals surface area contributed by atoms with Gasteiger partial charge in [-0.3, -0.25) is 14.9 Å². The quantitative estimate of drug-likeness (QED) is 0.117. The Hall–Kier alpha value is -4.49. The molecule has 0 unspecified atom stereocenters. The van der Waals surface area contributed by atoms with E-state index in [-0.39, 0.29) is 17.0 Å². The fraction of sp³-hybridized carbons (Fsp3) is 0.0370. The lowest BCUT2D eigenvalue weighted by atomic mass is 9.99. The number of halogens is 1. The third-order valence-electron chi connectivity index (χ3n) is 5.07. The number of non-ortho nitro benzene ring substituents is 1. The third kappa shape index (κ3) is 5.90. The zero-order chi connectivity index (χ0) is 24.8. The van der Waals surface area contributed by atoms with Crippen LogP contribution in [0.15, 0.2) is 103 Å². The first-order chi connectivity index (χ1) is 16.9. The van der Waals surface area contributed by atoms with Crippen LogP contribution in [0.4, 0.5) is 5.69 Å². The zero-order valence-corrected chi connectivity index (χ0v) is 18.9. The van der Waals surface area contributed by atoms with Crippen molar-refractivity contribution >= 4 is 29.0 Å². The largest absolute Gasteiger partial charge is 0.457 e. The molecule has 0 aliphatic heterocycles. The molecule has 4 aromatic rings. The number of nitro groups is 1. The predicted molar refractivity (Wildman–Crippen MR) is 130 cm³/mol. The summed E-state index contributed by atoms with van der Waals surface area (Å²) in [6.07, 6.45) is -1.15. The van der Waals surface area contributed by atoms with E-state index in [0.29, 0.717) is 27.6 Å². The lowest BCUT2D eigenvalue weighted by Gasteiger charge is -2.18. The molecule has 0 saturated carbocycles. The predicted octanol–water partition coefficient (Wildman–Crippen LogP) is 6.82. The monoisotopic (exact) mass is 487 g/mol. The molecule has 4 rings (SSSR count). The first-order valence-corrected chi connectivity index (χ1v) is 10.9. The van der Waals surface area contributed by atoms with Gasteiger partial charge in [-0.15, -0.1) is 0 Å². The minimum Gasteiger partial charge on any atom is -0.457 e. The van der Waals surface area contributed by atoms with Gasteiger partial charge in [0.2, 0.25) is 5.78 Å². The maximum Gasteiger partial charge on any atom is 0.339 e. The van der Waals surface area contributed by atoms with E-state index in [1.807, 2.05) is 0 Å². The molecule has 7 nitrogen and oxygen atoms in total. The highest BCUT2D eigenvalue weighted by atomic mass is 35.5. The molecule has 0 radical (unpaired) electrons. The van der Waals surface area contributed by atoms with Gasteiger partial charge >= 0.3 is 5.97 Å². The lowest BCUT2D eigenvalue weighted by Crippen LogP contribution is -2.20. The average molecular weight is 488 g/mol. The first kappa shape index (κ1) is 23.7. The van der Waals surface area contributed by atoms with Crippen LogP contribution >= 0.6 is 11.6 Å². The van der Waals surface area contributed by atoms with E-state index in [0.717, 1.165) is 0 Å². The van der Waals surface area contributed by atoms with Crippen LogP contribution in [0.1, 0.15) is 32.4 Å². The molecule has 0 fully saturated rings. The molecule has 0 amide bonds. The number of rotatable bonds is 8. The van der Waals surface area contributed by atoms with Gasteiger partial charge in [0.15, 0.2) is 6.10 Å². The van der Waals surface area contributed by atoms with Crippen LogP contribution < -0.4 is 4.74 Å². The minimum atomic E-state index is -1.15. The van der Waals surface area contributed by atoms with Gasteiger partial charge < -0.3 is 9.47 Å². The summed E-state index contributed by atoms with van der Waals surface area (Å²) in [6, 6.07) is 26.9. The van der Waals surface area contributed by atoms with E-state index in [1.165, 1.54) is 36.4 Å². The Morgan fingerprint density at radius 3 is 1.89 bits per heavy atom. The normalized spacial score (nSPS) is 11.3. The van der Waals surface area contributed by atoms with Crippen LogP contribution in [-0.4, -0.2) is 16.7 Å². The fourth-order valence-electron chi connectivity index (χ4n) is 3.27. The lowest BCUT2D eigenvalue weighted by molar-refractivity contribution is -0.384. The molecule has 0 aliphatic carbocycles. The highest BCUT2D eigenvalue weighted by Crippen LogP contribution is 2.27. The van der Waals surface area contributed by atoms with Gasteiger partial charge in [-0.05, 0) is 48.5 Å². The Kier molecular flexibility index (Phi) is 7.18. The average Bonchev–Trinajstić information content (AvgIpc) is 2.88. The molecule has 1 atom stereocenters. The van der Waals surface area contributed by atoms with E-state index in [2.05, 4.69) is 0 Å². The van der Waals surface area contributed by atoms with Crippen LogP contribution in [0, 0.1) is 10.1 Å². The summed E-state index contributed by atoms with van der Waals surface area (Å²) in [5.74, 6) is -0.220. The van der Waals surface area contributed by atoms with Gasteiger partial charge in [0.05, 0.1) is 10.5 Å². The number of nitro benzene ring substituents is 1. The van der Waals surface area contributed by atoms with Crippen molar-refractivity contribution in [1.29, 1.82) is 0 Å². The maximum atomic E-state index is 13.1. The topological polar surface area (TPSA) is 95.7 Å². The number of ether oxygens (including phenoxy) is 2. The molecule has 0 N–H and O–H groups in total. The zero-order valence-electron chi connectivity index (χ0n) is 18.2. The maximum absolute atomic E-state index is 13.1. The summed E-state index contributed by atoms with van der Waals surface area (Å²) in [4.78, 5) is 36.3. The Morgan fingerprint density at radius 1 is 0.743 bits per heavy atom. The fourth-order valence-corrected chi connectivity index (χ4v) is 3.40. The second-order valence-electron chi connectivity index (χ2n) is 7.44. The standard InChI is InChI=1S/C27H18ClNO6/c28-21-10-6-19(7-11-21)26(25(30)18-4-2-1-3-5-18)35-27(31)20-8-14-23(15-9-20)34-24-16-12-22(13-17-24)29(32)33/h1-17,26H/t26-/m0/s1. The van der Waals surface area contributed by atoms with Gasteiger partial charge in [-0.1, -0.05) is 54.1 Å². The van der Waals surface area contributed by atoms with Crippen molar-refractivity contribution < 1.29 is 24.0 Å². The van der Waals surface area contributed by atoms with Crippen molar-refractivity contribution in [2.24, 2.45) is 0 Å². The highest BCUT2D eigenvalue weighted by Gasteiger charge is 2.27. The molecule has 0 saturated heterocycles. The van der Waals surface area contributed by atoms with Crippen LogP contribution in [0.25, 0.3) is 0 Å². The summed E-state index contributed by atoms with van der Waals surface area (Å²) in [6.45, 7) is 0. The van der Waals surface area contributed by atoms with E-state index < -0.39 is 17.0 Å². The second-order valence-corrected chi connectivity index (χ2v) is 7.88. The summed E-state index contributed by atoms with van der Waals surface area (Å²) in [7, 11) is 0. The van der Waals surface area contributed by atoms with Crippen molar-refractivity contribution in [3.05, 3.63) is 135 Å². The highest BCUT2D eigenvalue weighted by molar-refractivity contribution is 6.30. The molecular formula is C27H18ClNO6. The Bertz CT molecular complexity index is 1340. The number of Topliss-reactive ketones (excluding diaryl/α,β-unsaturated/α-hetero) is 1. The molecule has 0 bridgehead atoms. The van der Waals surface area contributed by atoms with Crippen molar-refractivity contribution in [2.45, 2.75) is 6.10 Å². The molecule has 0 heterocycles. The number of esters is 1. The van der Waals surface area contributed by atoms with Crippen molar-refractivity contribution in [3.8, 4) is 11.5 Å². The van der Waals surface area contributed by atoms with Crippen molar-refractivity contribution in [2.75, 3.05) is 0 Å². The van der Waals surface area contributed by atoms with Gasteiger partial charge in [0.25, 0.3) is 5.69 Å². The molecular weight excluding hydrogens is 470 g/mol. The molecule has 0 aliphatic rings. The van der Waals surface area contributed by atoms with Gasteiger partial charge in [-0.2, -0.15) is 0 Å². The summed E-state index contributed by atoms with van der Waals surface area (Å²) in [5, 5.41) is 11.3. The van der Waals surface area contributed by atoms with Crippen molar-refractivity contribution in [1.82, 2.24) is 0 Å². The van der Waals surface area contributed by atoms with E-state index in [4.69, 9.17) is 21.1 Å². The molecule has 8 heteroatoms. The van der Waals surface area contributed by atoms with Gasteiger partial charge in [0, 0.05) is 28.3 Å². The number of carbonyl (C=O) groups is 2. The summed E-state index contributed by atoms with van der Waals surface area (Å²) >= 11 is 5.97. The van der Waals surface area contributed by atoms with Crippen LogP contribution in [0.3, 0.4) is 0 Å². The number of ketones is 1. The molecule has 0 spiro atoms. The smallest absolute Gasteiger partial charge is 0.339 e. The van der Waals surface area contributed by atoms with Gasteiger partial charge in [-0.25, -0.2) is 4.79 Å². The van der Waals surface area contributed by atoms with E-state index in [1.54, 1.807) is 66.7 Å². The van der Waals surface area contributed by atoms with Crippen LogP contribution in [0.2, 0.25) is 5.02 Å². The third-order valence-corrected chi connectivity index (χ3v) is 5.32. The van der Waals surface area contributed by atoms with E-state index >= 15 is 0 Å². The van der Waals surface area contributed by atoms with Crippen LogP contribution in [0.5, 0.6) is 11.5 Å². The Balaban J connectivity index is 1.50. The number of benzene rings is 4.